The molecule has 0 amide bonds. The van der Waals surface area contributed by atoms with Crippen LogP contribution >= 0.6 is 0 Å². The standard InChI is InChI=1S/C21H23NO4/c23-16-5-3-14(4-6-16)20-13-19(25)17-11-15(18(24)12-21(17)26-20)7-10-22-8-1-2-9-22/h3-6,11-12,20,23-24H,1-2,7-10,13H2. The fourth-order valence-electron chi connectivity index (χ4n) is 3.76. The molecule has 2 aromatic carbocycles. The Kier molecular flexibility index (Phi) is 4.55. The third-order valence-electron chi connectivity index (χ3n) is 5.28. The number of aromatic hydroxyl groups is 2. The van der Waals surface area contributed by atoms with Gasteiger partial charge in [0.05, 0.1) is 12.0 Å². The van der Waals surface area contributed by atoms with Crippen LogP contribution in [-0.4, -0.2) is 40.5 Å². The van der Waals surface area contributed by atoms with E-state index in [0.717, 1.165) is 37.2 Å². The molecule has 0 aromatic heterocycles. The summed E-state index contributed by atoms with van der Waals surface area (Å²) in [5, 5.41) is 19.8. The lowest BCUT2D eigenvalue weighted by Crippen LogP contribution is -2.23. The summed E-state index contributed by atoms with van der Waals surface area (Å²) in [6, 6.07) is 10.0. The van der Waals surface area contributed by atoms with E-state index >= 15 is 0 Å². The van der Waals surface area contributed by atoms with Crippen LogP contribution < -0.4 is 4.74 Å². The highest BCUT2D eigenvalue weighted by molar-refractivity contribution is 6.00. The number of nitrogens with zero attached hydrogens (tertiary/aromatic N) is 1. The molecule has 26 heavy (non-hydrogen) atoms. The van der Waals surface area contributed by atoms with E-state index < -0.39 is 6.10 Å². The van der Waals surface area contributed by atoms with Gasteiger partial charge in [-0.3, -0.25) is 4.79 Å². The quantitative estimate of drug-likeness (QED) is 0.881. The predicted molar refractivity (Wildman–Crippen MR) is 97.9 cm³/mol. The van der Waals surface area contributed by atoms with Crippen LogP contribution in [-0.2, 0) is 6.42 Å². The smallest absolute Gasteiger partial charge is 0.170 e. The number of benzene rings is 2. The van der Waals surface area contributed by atoms with E-state index in [9.17, 15) is 15.0 Å². The normalized spacial score (nSPS) is 20.0. The second-order valence-corrected chi connectivity index (χ2v) is 7.10. The van der Waals surface area contributed by atoms with E-state index in [2.05, 4.69) is 4.90 Å². The summed E-state index contributed by atoms with van der Waals surface area (Å²) in [4.78, 5) is 15.0. The summed E-state index contributed by atoms with van der Waals surface area (Å²) in [7, 11) is 0. The Morgan fingerprint density at radius 2 is 1.81 bits per heavy atom. The summed E-state index contributed by atoms with van der Waals surface area (Å²) in [5.74, 6) is 0.812. The summed E-state index contributed by atoms with van der Waals surface area (Å²) in [6.45, 7) is 3.13. The summed E-state index contributed by atoms with van der Waals surface area (Å²) in [5.41, 5.74) is 2.18. The van der Waals surface area contributed by atoms with E-state index in [-0.39, 0.29) is 23.7 Å². The Balaban J connectivity index is 1.53. The van der Waals surface area contributed by atoms with Crippen LogP contribution in [0.1, 0.15) is 46.9 Å². The number of ketones is 1. The highest BCUT2D eigenvalue weighted by atomic mass is 16.5. The molecular formula is C21H23NO4. The van der Waals surface area contributed by atoms with Crippen molar-refractivity contribution in [1.82, 2.24) is 4.90 Å². The number of carbonyl (C=O) groups excluding carboxylic acids is 1. The van der Waals surface area contributed by atoms with Crippen molar-refractivity contribution in [2.45, 2.75) is 31.8 Å². The van der Waals surface area contributed by atoms with Gasteiger partial charge in [0.25, 0.3) is 0 Å². The molecule has 4 rings (SSSR count). The Morgan fingerprint density at radius 1 is 1.08 bits per heavy atom. The number of phenolic OH excluding ortho intramolecular Hbond substituents is 2. The Morgan fingerprint density at radius 3 is 2.54 bits per heavy atom. The summed E-state index contributed by atoms with van der Waals surface area (Å²) >= 11 is 0. The molecule has 1 saturated heterocycles. The molecule has 2 heterocycles. The SMILES string of the molecule is O=C1CC(c2ccc(O)cc2)Oc2cc(O)c(CCN3CCCC3)cc21. The van der Waals surface area contributed by atoms with Crippen molar-refractivity contribution >= 4 is 5.78 Å². The first kappa shape index (κ1) is 16.9. The number of hydrogen-bond acceptors (Lipinski definition) is 5. The van der Waals surface area contributed by atoms with Crippen LogP contribution in [0.4, 0.5) is 0 Å². The first-order chi connectivity index (χ1) is 12.6. The van der Waals surface area contributed by atoms with Crippen molar-refractivity contribution in [3.63, 3.8) is 0 Å². The molecule has 2 aliphatic heterocycles. The molecule has 0 spiro atoms. The van der Waals surface area contributed by atoms with Gasteiger partial charge in [0, 0.05) is 12.6 Å². The molecular weight excluding hydrogens is 330 g/mol. The van der Waals surface area contributed by atoms with Gasteiger partial charge in [0.2, 0.25) is 0 Å². The molecule has 2 N–H and O–H groups in total. The molecule has 5 nitrogen and oxygen atoms in total. The van der Waals surface area contributed by atoms with Crippen LogP contribution in [0.25, 0.3) is 0 Å². The van der Waals surface area contributed by atoms with E-state index in [1.807, 2.05) is 0 Å². The topological polar surface area (TPSA) is 70.0 Å². The number of carbonyl (C=O) groups is 1. The third kappa shape index (κ3) is 3.40. The van der Waals surface area contributed by atoms with E-state index in [1.54, 1.807) is 36.4 Å². The molecule has 0 radical (unpaired) electrons. The van der Waals surface area contributed by atoms with Gasteiger partial charge in [-0.1, -0.05) is 12.1 Å². The van der Waals surface area contributed by atoms with Gasteiger partial charge >= 0.3 is 0 Å². The van der Waals surface area contributed by atoms with Crippen molar-refractivity contribution in [2.75, 3.05) is 19.6 Å². The lowest BCUT2D eigenvalue weighted by Gasteiger charge is -2.26. The summed E-state index contributed by atoms with van der Waals surface area (Å²) in [6.07, 6.45) is 3.06. The van der Waals surface area contributed by atoms with E-state index in [4.69, 9.17) is 4.74 Å². The zero-order valence-electron chi connectivity index (χ0n) is 14.6. The lowest BCUT2D eigenvalue weighted by molar-refractivity contribution is 0.0849. The minimum absolute atomic E-state index is 0.0201. The molecule has 0 aliphatic carbocycles. The van der Waals surface area contributed by atoms with Gasteiger partial charge < -0.3 is 19.8 Å². The minimum atomic E-state index is -0.398. The monoisotopic (exact) mass is 353 g/mol. The molecule has 136 valence electrons. The molecule has 0 saturated carbocycles. The van der Waals surface area contributed by atoms with Gasteiger partial charge in [-0.25, -0.2) is 0 Å². The first-order valence-electron chi connectivity index (χ1n) is 9.17. The zero-order valence-corrected chi connectivity index (χ0v) is 14.6. The van der Waals surface area contributed by atoms with Crippen molar-refractivity contribution in [3.8, 4) is 17.2 Å². The molecule has 5 heteroatoms. The predicted octanol–water partition coefficient (Wildman–Crippen LogP) is 3.44. The van der Waals surface area contributed by atoms with Crippen LogP contribution in [0, 0.1) is 0 Å². The zero-order chi connectivity index (χ0) is 18.1. The van der Waals surface area contributed by atoms with Gasteiger partial charge in [-0.15, -0.1) is 0 Å². The minimum Gasteiger partial charge on any atom is -0.508 e. The Hall–Kier alpha value is -2.53. The number of phenols is 2. The van der Waals surface area contributed by atoms with Crippen molar-refractivity contribution < 1.29 is 19.7 Å². The van der Waals surface area contributed by atoms with Crippen LogP contribution in [0.3, 0.4) is 0 Å². The highest BCUT2D eigenvalue weighted by Crippen LogP contribution is 2.38. The van der Waals surface area contributed by atoms with Gasteiger partial charge in [0.15, 0.2) is 5.78 Å². The van der Waals surface area contributed by atoms with Crippen molar-refractivity contribution in [1.29, 1.82) is 0 Å². The number of fused-ring (bicyclic) bond motifs is 1. The second-order valence-electron chi connectivity index (χ2n) is 7.10. The van der Waals surface area contributed by atoms with Crippen LogP contribution in [0.5, 0.6) is 17.2 Å². The Bertz CT molecular complexity index is 810. The first-order valence-corrected chi connectivity index (χ1v) is 9.17. The largest absolute Gasteiger partial charge is 0.508 e. The average molecular weight is 353 g/mol. The maximum atomic E-state index is 12.6. The number of likely N-dealkylation sites (tertiary alicyclic amines) is 1. The van der Waals surface area contributed by atoms with Gasteiger partial charge in [-0.2, -0.15) is 0 Å². The van der Waals surface area contributed by atoms with Crippen LogP contribution in [0.15, 0.2) is 36.4 Å². The van der Waals surface area contributed by atoms with Crippen molar-refractivity contribution in [3.05, 3.63) is 53.1 Å². The molecule has 2 aliphatic rings. The average Bonchev–Trinajstić information content (AvgIpc) is 3.14. The molecule has 0 bridgehead atoms. The number of ether oxygens (including phenoxy) is 1. The second kappa shape index (κ2) is 7.00. The molecule has 1 unspecified atom stereocenters. The highest BCUT2D eigenvalue weighted by Gasteiger charge is 2.29. The molecule has 1 atom stereocenters. The molecule has 2 aromatic rings. The maximum absolute atomic E-state index is 12.6. The van der Waals surface area contributed by atoms with E-state index in [0.29, 0.717) is 11.3 Å². The fourth-order valence-corrected chi connectivity index (χ4v) is 3.76. The van der Waals surface area contributed by atoms with Crippen molar-refractivity contribution in [2.24, 2.45) is 0 Å². The molecule has 1 fully saturated rings. The van der Waals surface area contributed by atoms with Gasteiger partial charge in [0.1, 0.15) is 23.4 Å². The lowest BCUT2D eigenvalue weighted by atomic mass is 9.94. The number of rotatable bonds is 4. The summed E-state index contributed by atoms with van der Waals surface area (Å²) < 4.78 is 5.97. The van der Waals surface area contributed by atoms with E-state index in [1.165, 1.54) is 12.8 Å². The van der Waals surface area contributed by atoms with Gasteiger partial charge in [-0.05, 0) is 61.7 Å². The van der Waals surface area contributed by atoms with Crippen LogP contribution in [0.2, 0.25) is 0 Å². The maximum Gasteiger partial charge on any atom is 0.170 e. The third-order valence-corrected chi connectivity index (χ3v) is 5.28. The Labute approximate surface area is 152 Å². The fraction of sp³-hybridized carbons (Fsp3) is 0.381. The number of Topliss-reactive ketones (excluding diaryl/α,β-unsaturated/α-hetero) is 1. The number of hydrogen-bond donors (Lipinski definition) is 2.